The molecule has 1 aliphatic heterocycles. The fourth-order valence-corrected chi connectivity index (χ4v) is 1.54. The van der Waals surface area contributed by atoms with Crippen molar-refractivity contribution in [3.63, 3.8) is 0 Å². The molecule has 86 valence electrons. The van der Waals surface area contributed by atoms with Gasteiger partial charge in [0.2, 0.25) is 0 Å². The second-order valence-corrected chi connectivity index (χ2v) is 3.47. The molecule has 0 saturated heterocycles. The lowest BCUT2D eigenvalue weighted by Crippen LogP contribution is -2.44. The first-order chi connectivity index (χ1) is 7.38. The molecule has 1 atom stereocenters. The number of rotatable bonds is 0. The third-order valence-corrected chi connectivity index (χ3v) is 2.24. The number of Topliss-reactive ketones (excluding diaryl/α,β-unsaturated/α-hetero) is 1. The van der Waals surface area contributed by atoms with Gasteiger partial charge in [0.25, 0.3) is 6.10 Å². The molecule has 0 saturated carbocycles. The SMILES string of the molecule is O=C1Cc2cc(O)ccc2OC1C(F)(F)F. The molecule has 1 N–H and O–H groups in total. The molecule has 0 aliphatic carbocycles. The van der Waals surface area contributed by atoms with Gasteiger partial charge in [-0.25, -0.2) is 0 Å². The maximum atomic E-state index is 12.4. The van der Waals surface area contributed by atoms with Crippen molar-refractivity contribution < 1.29 is 27.8 Å². The number of hydrogen-bond acceptors (Lipinski definition) is 3. The largest absolute Gasteiger partial charge is 0.508 e. The van der Waals surface area contributed by atoms with Crippen molar-refractivity contribution in [2.75, 3.05) is 0 Å². The van der Waals surface area contributed by atoms with E-state index in [9.17, 15) is 18.0 Å². The van der Waals surface area contributed by atoms with E-state index in [2.05, 4.69) is 4.74 Å². The highest BCUT2D eigenvalue weighted by Gasteiger charge is 2.48. The Balaban J connectivity index is 2.36. The molecule has 0 spiro atoms. The number of aromatic hydroxyl groups is 1. The Bertz CT molecular complexity index is 439. The molecule has 1 unspecified atom stereocenters. The van der Waals surface area contributed by atoms with Crippen LogP contribution in [0.4, 0.5) is 13.2 Å². The average Bonchev–Trinajstić information content (AvgIpc) is 2.14. The molecule has 0 radical (unpaired) electrons. The highest BCUT2D eigenvalue weighted by Crippen LogP contribution is 2.34. The molecular formula is C10H7F3O3. The van der Waals surface area contributed by atoms with Crippen LogP contribution < -0.4 is 4.74 Å². The smallest absolute Gasteiger partial charge is 0.432 e. The van der Waals surface area contributed by atoms with E-state index in [0.717, 1.165) is 0 Å². The number of phenols is 1. The van der Waals surface area contributed by atoms with Crippen molar-refractivity contribution >= 4 is 5.78 Å². The number of hydrogen-bond donors (Lipinski definition) is 1. The fraction of sp³-hybridized carbons (Fsp3) is 0.300. The number of benzene rings is 1. The predicted molar refractivity (Wildman–Crippen MR) is 47.3 cm³/mol. The Morgan fingerprint density at radius 2 is 2.06 bits per heavy atom. The summed E-state index contributed by atoms with van der Waals surface area (Å²) in [5.41, 5.74) is 0.269. The molecular weight excluding hydrogens is 225 g/mol. The predicted octanol–water partition coefficient (Wildman–Crippen LogP) is 1.83. The second kappa shape index (κ2) is 3.40. The molecule has 16 heavy (non-hydrogen) atoms. The number of carbonyl (C=O) groups is 1. The zero-order valence-electron chi connectivity index (χ0n) is 7.91. The topological polar surface area (TPSA) is 46.5 Å². The highest BCUT2D eigenvalue weighted by molar-refractivity contribution is 5.88. The van der Waals surface area contributed by atoms with Crippen molar-refractivity contribution in [1.82, 2.24) is 0 Å². The van der Waals surface area contributed by atoms with Crippen LogP contribution >= 0.6 is 0 Å². The van der Waals surface area contributed by atoms with E-state index in [1.165, 1.54) is 18.2 Å². The third kappa shape index (κ3) is 1.82. The highest BCUT2D eigenvalue weighted by atomic mass is 19.4. The maximum Gasteiger partial charge on any atom is 0.432 e. The molecule has 1 heterocycles. The monoisotopic (exact) mass is 232 g/mol. The van der Waals surface area contributed by atoms with Gasteiger partial charge in [-0.2, -0.15) is 13.2 Å². The van der Waals surface area contributed by atoms with E-state index in [1.54, 1.807) is 0 Å². The van der Waals surface area contributed by atoms with Gasteiger partial charge >= 0.3 is 6.18 Å². The summed E-state index contributed by atoms with van der Waals surface area (Å²) in [5.74, 6) is -1.18. The lowest BCUT2D eigenvalue weighted by molar-refractivity contribution is -0.198. The van der Waals surface area contributed by atoms with Crippen LogP contribution in [-0.4, -0.2) is 23.2 Å². The van der Waals surface area contributed by atoms with Crippen molar-refractivity contribution in [2.24, 2.45) is 0 Å². The van der Waals surface area contributed by atoms with Gasteiger partial charge in [-0.3, -0.25) is 4.79 Å². The summed E-state index contributed by atoms with van der Waals surface area (Å²) in [7, 11) is 0. The molecule has 2 rings (SSSR count). The molecule has 0 bridgehead atoms. The number of halogens is 3. The Morgan fingerprint density at radius 3 is 2.69 bits per heavy atom. The van der Waals surface area contributed by atoms with E-state index in [0.29, 0.717) is 0 Å². The van der Waals surface area contributed by atoms with Gasteiger partial charge in [0.05, 0.1) is 0 Å². The number of ketones is 1. The van der Waals surface area contributed by atoms with Crippen LogP contribution in [0.25, 0.3) is 0 Å². The first-order valence-corrected chi connectivity index (χ1v) is 4.46. The zero-order chi connectivity index (χ0) is 11.9. The molecule has 0 amide bonds. The summed E-state index contributed by atoms with van der Waals surface area (Å²) in [6, 6.07) is 3.65. The van der Waals surface area contributed by atoms with Crippen LogP contribution in [0.2, 0.25) is 0 Å². The fourth-order valence-electron chi connectivity index (χ4n) is 1.54. The quantitative estimate of drug-likeness (QED) is 0.742. The number of fused-ring (bicyclic) bond motifs is 1. The first kappa shape index (κ1) is 10.8. The number of alkyl halides is 3. The van der Waals surface area contributed by atoms with E-state index in [-0.39, 0.29) is 23.5 Å². The van der Waals surface area contributed by atoms with E-state index in [1.807, 2.05) is 0 Å². The van der Waals surface area contributed by atoms with Crippen LogP contribution in [0.5, 0.6) is 11.5 Å². The van der Waals surface area contributed by atoms with Crippen LogP contribution in [-0.2, 0) is 11.2 Å². The summed E-state index contributed by atoms with van der Waals surface area (Å²) >= 11 is 0. The van der Waals surface area contributed by atoms with Gasteiger partial charge in [-0.15, -0.1) is 0 Å². The number of carbonyl (C=O) groups excluding carboxylic acids is 1. The van der Waals surface area contributed by atoms with Crippen LogP contribution in [0.15, 0.2) is 18.2 Å². The second-order valence-electron chi connectivity index (χ2n) is 3.47. The van der Waals surface area contributed by atoms with Crippen molar-refractivity contribution in [3.8, 4) is 11.5 Å². The molecule has 6 heteroatoms. The molecule has 0 fully saturated rings. The van der Waals surface area contributed by atoms with Gasteiger partial charge in [0.15, 0.2) is 5.78 Å². The minimum Gasteiger partial charge on any atom is -0.508 e. The van der Waals surface area contributed by atoms with E-state index in [4.69, 9.17) is 5.11 Å². The Morgan fingerprint density at radius 1 is 1.38 bits per heavy atom. The molecule has 0 aromatic heterocycles. The minimum absolute atomic E-state index is 0.0141. The average molecular weight is 232 g/mol. The summed E-state index contributed by atoms with van der Waals surface area (Å²) in [6.45, 7) is 0. The van der Waals surface area contributed by atoms with Gasteiger partial charge in [0, 0.05) is 12.0 Å². The van der Waals surface area contributed by atoms with E-state index < -0.39 is 18.1 Å². The van der Waals surface area contributed by atoms with Gasteiger partial charge < -0.3 is 9.84 Å². The lowest BCUT2D eigenvalue weighted by Gasteiger charge is -2.26. The molecule has 3 nitrogen and oxygen atoms in total. The lowest BCUT2D eigenvalue weighted by atomic mass is 10.0. The van der Waals surface area contributed by atoms with Crippen molar-refractivity contribution in [1.29, 1.82) is 0 Å². The zero-order valence-corrected chi connectivity index (χ0v) is 7.91. The normalized spacial score (nSPS) is 20.2. The van der Waals surface area contributed by atoms with Crippen LogP contribution in [0, 0.1) is 0 Å². The van der Waals surface area contributed by atoms with Gasteiger partial charge in [0.1, 0.15) is 11.5 Å². The number of phenolic OH excluding ortho intramolecular Hbond substituents is 1. The number of ether oxygens (including phenoxy) is 1. The summed E-state index contributed by atoms with van der Waals surface area (Å²) in [6.07, 6.45) is -7.48. The Labute approximate surface area is 88.5 Å². The summed E-state index contributed by atoms with van der Waals surface area (Å²) < 4.78 is 41.7. The Hall–Kier alpha value is -1.72. The summed E-state index contributed by atoms with van der Waals surface area (Å²) in [5, 5.41) is 9.11. The molecule has 1 aromatic carbocycles. The van der Waals surface area contributed by atoms with E-state index >= 15 is 0 Å². The standard InChI is InChI=1S/C10H7F3O3/c11-10(12,13)9-7(15)4-5-3-6(14)1-2-8(5)16-9/h1-3,9,14H,4H2. The molecule has 1 aromatic rings. The van der Waals surface area contributed by atoms with Gasteiger partial charge in [-0.05, 0) is 18.2 Å². The Kier molecular flexibility index (Phi) is 2.29. The minimum atomic E-state index is -4.70. The maximum absolute atomic E-state index is 12.4. The first-order valence-electron chi connectivity index (χ1n) is 4.46. The van der Waals surface area contributed by atoms with Crippen LogP contribution in [0.3, 0.4) is 0 Å². The van der Waals surface area contributed by atoms with Crippen molar-refractivity contribution in [2.45, 2.75) is 18.7 Å². The molecule has 1 aliphatic rings. The van der Waals surface area contributed by atoms with Crippen LogP contribution in [0.1, 0.15) is 5.56 Å². The van der Waals surface area contributed by atoms with Crippen molar-refractivity contribution in [3.05, 3.63) is 23.8 Å². The summed E-state index contributed by atoms with van der Waals surface area (Å²) in [4.78, 5) is 11.2. The third-order valence-electron chi connectivity index (χ3n) is 2.24. The van der Waals surface area contributed by atoms with Gasteiger partial charge in [-0.1, -0.05) is 0 Å².